The third-order valence-corrected chi connectivity index (χ3v) is 3.79. The Labute approximate surface area is 121 Å². The van der Waals surface area contributed by atoms with Crippen LogP contribution in [0.3, 0.4) is 0 Å². The molecule has 1 heterocycles. The summed E-state index contributed by atoms with van der Waals surface area (Å²) >= 11 is 6.38. The zero-order valence-electron chi connectivity index (χ0n) is 12.0. The number of hydrogen-bond acceptors (Lipinski definition) is 3. The fourth-order valence-corrected chi connectivity index (χ4v) is 2.42. The summed E-state index contributed by atoms with van der Waals surface area (Å²) in [6.07, 6.45) is 6.93. The molecule has 4 heteroatoms. The molecule has 1 saturated carbocycles. The molecule has 19 heavy (non-hydrogen) atoms. The van der Waals surface area contributed by atoms with Crippen LogP contribution in [0.2, 0.25) is 5.02 Å². The van der Waals surface area contributed by atoms with Crippen LogP contribution in [0.15, 0.2) is 12.3 Å². The zero-order chi connectivity index (χ0) is 13.7. The zero-order valence-corrected chi connectivity index (χ0v) is 12.7. The summed E-state index contributed by atoms with van der Waals surface area (Å²) in [6, 6.07) is 2.77. The molecule has 0 bridgehead atoms. The van der Waals surface area contributed by atoms with Gasteiger partial charge in [0.25, 0.3) is 0 Å². The number of halogens is 1. The average molecular weight is 282 g/mol. The Balaban J connectivity index is 1.99. The van der Waals surface area contributed by atoms with Gasteiger partial charge in [-0.1, -0.05) is 24.9 Å². The number of aromatic nitrogens is 1. The van der Waals surface area contributed by atoms with Crippen molar-refractivity contribution >= 4 is 17.4 Å². The van der Waals surface area contributed by atoms with Crippen molar-refractivity contribution in [3.8, 4) is 0 Å². The van der Waals surface area contributed by atoms with Crippen molar-refractivity contribution in [1.82, 2.24) is 10.3 Å². The molecule has 3 nitrogen and oxygen atoms in total. The van der Waals surface area contributed by atoms with Crippen molar-refractivity contribution in [3.05, 3.63) is 22.8 Å². The van der Waals surface area contributed by atoms with E-state index in [0.717, 1.165) is 36.5 Å². The second-order valence-electron chi connectivity index (χ2n) is 5.24. The third kappa shape index (κ3) is 4.36. The first-order chi connectivity index (χ1) is 9.24. The Morgan fingerprint density at radius 2 is 2.21 bits per heavy atom. The molecule has 1 fully saturated rings. The lowest BCUT2D eigenvalue weighted by atomic mass is 10.2. The van der Waals surface area contributed by atoms with E-state index in [2.05, 4.69) is 29.0 Å². The number of unbranched alkanes of at least 4 members (excludes halogenated alkanes) is 1. The Morgan fingerprint density at radius 3 is 2.79 bits per heavy atom. The molecule has 1 aliphatic carbocycles. The Hall–Kier alpha value is -0.800. The molecule has 0 aliphatic heterocycles. The predicted molar refractivity (Wildman–Crippen MR) is 81.9 cm³/mol. The lowest BCUT2D eigenvalue weighted by Gasteiger charge is -2.23. The van der Waals surface area contributed by atoms with Gasteiger partial charge in [0.15, 0.2) is 0 Å². The number of pyridine rings is 1. The minimum atomic E-state index is 0.718. The number of anilines is 1. The fraction of sp³-hybridized carbons (Fsp3) is 0.667. The van der Waals surface area contributed by atoms with Gasteiger partial charge in [-0.15, -0.1) is 0 Å². The quantitative estimate of drug-likeness (QED) is 0.789. The van der Waals surface area contributed by atoms with E-state index < -0.39 is 0 Å². The second kappa shape index (κ2) is 7.11. The van der Waals surface area contributed by atoms with Crippen molar-refractivity contribution in [1.29, 1.82) is 0 Å². The molecule has 1 N–H and O–H groups in total. The highest BCUT2D eigenvalue weighted by Gasteiger charge is 2.20. The van der Waals surface area contributed by atoms with Crippen LogP contribution in [0.4, 0.5) is 5.82 Å². The van der Waals surface area contributed by atoms with Gasteiger partial charge in [0, 0.05) is 31.9 Å². The molecule has 0 unspecified atom stereocenters. The third-order valence-electron chi connectivity index (χ3n) is 3.51. The maximum Gasteiger partial charge on any atom is 0.147 e. The fourth-order valence-electron chi connectivity index (χ4n) is 2.11. The summed E-state index contributed by atoms with van der Waals surface area (Å²) < 4.78 is 0. The number of nitrogens with one attached hydrogen (secondary N) is 1. The Bertz CT molecular complexity index is 404. The van der Waals surface area contributed by atoms with Crippen LogP contribution in [0, 0.1) is 0 Å². The Kier molecular flexibility index (Phi) is 5.46. The van der Waals surface area contributed by atoms with Crippen LogP contribution in [0.25, 0.3) is 0 Å². The summed E-state index contributed by atoms with van der Waals surface area (Å²) in [4.78, 5) is 6.81. The van der Waals surface area contributed by atoms with Crippen LogP contribution < -0.4 is 10.2 Å². The van der Waals surface area contributed by atoms with E-state index in [0.29, 0.717) is 0 Å². The molecular weight excluding hydrogens is 258 g/mol. The highest BCUT2D eigenvalue weighted by atomic mass is 35.5. The van der Waals surface area contributed by atoms with Crippen LogP contribution in [-0.4, -0.2) is 24.1 Å². The summed E-state index contributed by atoms with van der Waals surface area (Å²) in [6.45, 7) is 7.20. The van der Waals surface area contributed by atoms with Crippen molar-refractivity contribution in [2.75, 3.05) is 18.0 Å². The maximum absolute atomic E-state index is 6.38. The summed E-state index contributed by atoms with van der Waals surface area (Å²) in [5, 5.41) is 4.26. The minimum absolute atomic E-state index is 0.718. The van der Waals surface area contributed by atoms with Crippen LogP contribution >= 0.6 is 11.6 Å². The van der Waals surface area contributed by atoms with Crippen molar-refractivity contribution in [2.45, 2.75) is 52.1 Å². The Morgan fingerprint density at radius 1 is 1.42 bits per heavy atom. The van der Waals surface area contributed by atoms with Crippen molar-refractivity contribution in [2.24, 2.45) is 0 Å². The molecule has 0 aromatic carbocycles. The molecule has 0 radical (unpaired) electrons. The largest absolute Gasteiger partial charge is 0.356 e. The molecule has 1 aliphatic rings. The van der Waals surface area contributed by atoms with Crippen LogP contribution in [0.1, 0.15) is 45.1 Å². The smallest absolute Gasteiger partial charge is 0.147 e. The van der Waals surface area contributed by atoms with Gasteiger partial charge < -0.3 is 10.2 Å². The highest BCUT2D eigenvalue weighted by molar-refractivity contribution is 6.33. The van der Waals surface area contributed by atoms with Gasteiger partial charge in [-0.2, -0.15) is 0 Å². The maximum atomic E-state index is 6.38. The van der Waals surface area contributed by atoms with Gasteiger partial charge >= 0.3 is 0 Å². The van der Waals surface area contributed by atoms with Gasteiger partial charge in [-0.05, 0) is 37.8 Å². The summed E-state index contributed by atoms with van der Waals surface area (Å²) in [7, 11) is 0. The average Bonchev–Trinajstić information content (AvgIpc) is 3.23. The van der Waals surface area contributed by atoms with E-state index in [4.69, 9.17) is 11.6 Å². The molecule has 0 atom stereocenters. The van der Waals surface area contributed by atoms with Crippen LogP contribution in [0.5, 0.6) is 0 Å². The molecule has 1 aromatic rings. The summed E-state index contributed by atoms with van der Waals surface area (Å²) in [5.74, 6) is 0.924. The van der Waals surface area contributed by atoms with E-state index in [9.17, 15) is 0 Å². The van der Waals surface area contributed by atoms with E-state index in [1.54, 1.807) is 0 Å². The molecule has 0 spiro atoms. The van der Waals surface area contributed by atoms with Gasteiger partial charge in [-0.25, -0.2) is 4.98 Å². The predicted octanol–water partition coefficient (Wildman–Crippen LogP) is 3.61. The molecule has 0 amide bonds. The van der Waals surface area contributed by atoms with Crippen molar-refractivity contribution in [3.63, 3.8) is 0 Å². The van der Waals surface area contributed by atoms with Gasteiger partial charge in [0.05, 0.1) is 5.02 Å². The van der Waals surface area contributed by atoms with Crippen LogP contribution in [-0.2, 0) is 6.54 Å². The number of hydrogen-bond donors (Lipinski definition) is 1. The normalized spacial score (nSPS) is 14.7. The SMILES string of the molecule is CCCCN(CC)c1ncc(CNC2CC2)cc1Cl. The van der Waals surface area contributed by atoms with E-state index in [1.807, 2.05) is 12.3 Å². The highest BCUT2D eigenvalue weighted by Crippen LogP contribution is 2.25. The molecule has 2 rings (SSSR count). The van der Waals surface area contributed by atoms with Gasteiger partial charge in [-0.3, -0.25) is 0 Å². The van der Waals surface area contributed by atoms with E-state index in [-0.39, 0.29) is 0 Å². The summed E-state index contributed by atoms with van der Waals surface area (Å²) in [5.41, 5.74) is 1.17. The first-order valence-corrected chi connectivity index (χ1v) is 7.75. The minimum Gasteiger partial charge on any atom is -0.356 e. The topological polar surface area (TPSA) is 28.2 Å². The number of nitrogens with zero attached hydrogens (tertiary/aromatic N) is 2. The van der Waals surface area contributed by atoms with Gasteiger partial charge in [0.2, 0.25) is 0 Å². The first kappa shape index (κ1) is 14.6. The second-order valence-corrected chi connectivity index (χ2v) is 5.64. The monoisotopic (exact) mass is 281 g/mol. The molecule has 106 valence electrons. The first-order valence-electron chi connectivity index (χ1n) is 7.37. The lowest BCUT2D eigenvalue weighted by molar-refractivity contribution is 0.684. The standard InChI is InChI=1S/C15H24ClN3/c1-3-5-8-19(4-2)15-14(16)9-12(11-18-15)10-17-13-6-7-13/h9,11,13,17H,3-8,10H2,1-2H3. The van der Waals surface area contributed by atoms with Gasteiger partial charge in [0.1, 0.15) is 5.82 Å². The molecule has 0 saturated heterocycles. The lowest BCUT2D eigenvalue weighted by Crippen LogP contribution is -2.25. The number of rotatable bonds is 8. The molecule has 1 aromatic heterocycles. The van der Waals surface area contributed by atoms with E-state index in [1.165, 1.54) is 31.2 Å². The van der Waals surface area contributed by atoms with Crippen molar-refractivity contribution < 1.29 is 0 Å². The molecular formula is C15H24ClN3. The van der Waals surface area contributed by atoms with E-state index >= 15 is 0 Å².